The Hall–Kier alpha value is -2.45. The molecule has 0 spiro atoms. The molecule has 9 heteroatoms. The standard InChI is InChI=1S/C18H11ClF4N2OS/c1-9-24-16(18(21,22)23)15(27-9)17(26)25-14-5-3-2-4-12(14)11-7-6-10(19)8-13(11)20/h2-8H,1H3,(H,25,26). The average Bonchev–Trinajstić information content (AvgIpc) is 2.98. The van der Waals surface area contributed by atoms with Crippen LogP contribution in [-0.4, -0.2) is 10.9 Å². The molecule has 0 aliphatic rings. The summed E-state index contributed by atoms with van der Waals surface area (Å²) in [5.41, 5.74) is -0.595. The predicted molar refractivity (Wildman–Crippen MR) is 96.7 cm³/mol. The Labute approximate surface area is 160 Å². The molecule has 0 unspecified atom stereocenters. The fourth-order valence-corrected chi connectivity index (χ4v) is 3.48. The minimum absolute atomic E-state index is 0.115. The first-order chi connectivity index (χ1) is 12.7. The number of rotatable bonds is 3. The van der Waals surface area contributed by atoms with Gasteiger partial charge in [0.1, 0.15) is 10.7 Å². The van der Waals surface area contributed by atoms with Crippen molar-refractivity contribution < 1.29 is 22.4 Å². The van der Waals surface area contributed by atoms with Crippen molar-refractivity contribution >= 4 is 34.5 Å². The van der Waals surface area contributed by atoms with Gasteiger partial charge in [0.05, 0.1) is 5.01 Å². The second-order valence-electron chi connectivity index (χ2n) is 5.53. The average molecular weight is 415 g/mol. The molecule has 140 valence electrons. The fraction of sp³-hybridized carbons (Fsp3) is 0.111. The van der Waals surface area contributed by atoms with Crippen molar-refractivity contribution in [3.05, 3.63) is 68.9 Å². The SMILES string of the molecule is Cc1nc(C(F)(F)F)c(C(=O)Nc2ccccc2-c2ccc(Cl)cc2F)s1. The summed E-state index contributed by atoms with van der Waals surface area (Å²) < 4.78 is 53.5. The van der Waals surface area contributed by atoms with Crippen LogP contribution in [0.25, 0.3) is 11.1 Å². The normalized spacial score (nSPS) is 11.5. The Morgan fingerprint density at radius 3 is 2.52 bits per heavy atom. The van der Waals surface area contributed by atoms with E-state index in [0.29, 0.717) is 16.9 Å². The Balaban J connectivity index is 2.00. The van der Waals surface area contributed by atoms with Gasteiger partial charge in [-0.25, -0.2) is 9.37 Å². The summed E-state index contributed by atoms with van der Waals surface area (Å²) in [6, 6.07) is 10.2. The van der Waals surface area contributed by atoms with E-state index in [1.807, 2.05) is 0 Å². The van der Waals surface area contributed by atoms with Crippen LogP contribution in [0.15, 0.2) is 42.5 Å². The van der Waals surface area contributed by atoms with Crippen LogP contribution < -0.4 is 5.32 Å². The molecule has 1 amide bonds. The monoisotopic (exact) mass is 414 g/mol. The van der Waals surface area contributed by atoms with Gasteiger partial charge in [-0.2, -0.15) is 13.2 Å². The van der Waals surface area contributed by atoms with E-state index in [4.69, 9.17) is 11.6 Å². The van der Waals surface area contributed by atoms with Gasteiger partial charge in [0.15, 0.2) is 5.69 Å². The topological polar surface area (TPSA) is 42.0 Å². The van der Waals surface area contributed by atoms with Crippen molar-refractivity contribution in [1.82, 2.24) is 4.98 Å². The number of para-hydroxylation sites is 1. The number of aromatic nitrogens is 1. The van der Waals surface area contributed by atoms with Gasteiger partial charge in [0.25, 0.3) is 5.91 Å². The zero-order valence-corrected chi connectivity index (χ0v) is 15.3. The first kappa shape index (κ1) is 19.3. The number of aryl methyl sites for hydroxylation is 1. The number of halogens is 5. The molecule has 2 aromatic carbocycles. The molecule has 1 N–H and O–H groups in total. The molecule has 0 atom stereocenters. The van der Waals surface area contributed by atoms with Gasteiger partial charge in [0, 0.05) is 21.8 Å². The molecule has 1 aromatic heterocycles. The van der Waals surface area contributed by atoms with Gasteiger partial charge in [0.2, 0.25) is 0 Å². The third kappa shape index (κ3) is 4.12. The lowest BCUT2D eigenvalue weighted by atomic mass is 10.0. The number of carbonyl (C=O) groups is 1. The highest BCUT2D eigenvalue weighted by Gasteiger charge is 2.39. The first-order valence-electron chi connectivity index (χ1n) is 7.57. The number of nitrogens with zero attached hydrogens (tertiary/aromatic N) is 1. The maximum Gasteiger partial charge on any atom is 0.435 e. The summed E-state index contributed by atoms with van der Waals surface area (Å²) in [6.07, 6.45) is -4.75. The van der Waals surface area contributed by atoms with Crippen LogP contribution in [0.4, 0.5) is 23.2 Å². The predicted octanol–water partition coefficient (Wildman–Crippen LogP) is 6.18. The highest BCUT2D eigenvalue weighted by atomic mass is 35.5. The van der Waals surface area contributed by atoms with Crippen molar-refractivity contribution in [3.8, 4) is 11.1 Å². The first-order valence-corrected chi connectivity index (χ1v) is 8.76. The van der Waals surface area contributed by atoms with Crippen LogP contribution in [0.1, 0.15) is 20.4 Å². The molecule has 27 heavy (non-hydrogen) atoms. The summed E-state index contributed by atoms with van der Waals surface area (Å²) >= 11 is 6.39. The van der Waals surface area contributed by atoms with E-state index in [1.54, 1.807) is 18.2 Å². The molecule has 1 heterocycles. The lowest BCUT2D eigenvalue weighted by Crippen LogP contribution is -2.17. The van der Waals surface area contributed by atoms with Crippen molar-refractivity contribution in [2.75, 3.05) is 5.32 Å². The Kier molecular flexibility index (Phi) is 5.21. The number of benzene rings is 2. The van der Waals surface area contributed by atoms with Crippen molar-refractivity contribution in [2.45, 2.75) is 13.1 Å². The van der Waals surface area contributed by atoms with Crippen LogP contribution >= 0.6 is 22.9 Å². The molecule has 0 fully saturated rings. The number of nitrogens with one attached hydrogen (secondary N) is 1. The van der Waals surface area contributed by atoms with Gasteiger partial charge in [-0.15, -0.1) is 11.3 Å². The van der Waals surface area contributed by atoms with Crippen LogP contribution in [0, 0.1) is 12.7 Å². The van der Waals surface area contributed by atoms with Crippen LogP contribution in [0.5, 0.6) is 0 Å². The molecule has 0 aliphatic heterocycles. The number of thiazole rings is 1. The molecular formula is C18H11ClF4N2OS. The van der Waals surface area contributed by atoms with Crippen LogP contribution in [0.2, 0.25) is 5.02 Å². The summed E-state index contributed by atoms with van der Waals surface area (Å²) in [4.78, 5) is 15.3. The number of hydrogen-bond donors (Lipinski definition) is 1. The lowest BCUT2D eigenvalue weighted by molar-refractivity contribution is -0.141. The van der Waals surface area contributed by atoms with Crippen molar-refractivity contribution in [1.29, 1.82) is 0 Å². The number of alkyl halides is 3. The zero-order chi connectivity index (χ0) is 19.8. The second kappa shape index (κ2) is 7.28. The van der Waals surface area contributed by atoms with Crippen molar-refractivity contribution in [2.24, 2.45) is 0 Å². The van der Waals surface area contributed by atoms with Gasteiger partial charge >= 0.3 is 6.18 Å². The minimum atomic E-state index is -4.75. The van der Waals surface area contributed by atoms with Gasteiger partial charge in [-0.05, 0) is 31.2 Å². The molecule has 0 bridgehead atoms. The van der Waals surface area contributed by atoms with E-state index in [9.17, 15) is 22.4 Å². The second-order valence-corrected chi connectivity index (χ2v) is 7.17. The molecule has 3 nitrogen and oxygen atoms in total. The third-order valence-corrected chi connectivity index (χ3v) is 4.81. The van der Waals surface area contributed by atoms with E-state index in [2.05, 4.69) is 10.3 Å². The van der Waals surface area contributed by atoms with E-state index in [1.165, 1.54) is 25.1 Å². The Morgan fingerprint density at radius 2 is 1.85 bits per heavy atom. The van der Waals surface area contributed by atoms with Gasteiger partial charge < -0.3 is 5.32 Å². The quantitative estimate of drug-likeness (QED) is 0.520. The lowest BCUT2D eigenvalue weighted by Gasteiger charge is -2.12. The highest BCUT2D eigenvalue weighted by molar-refractivity contribution is 7.13. The number of hydrogen-bond acceptors (Lipinski definition) is 3. The summed E-state index contributed by atoms with van der Waals surface area (Å²) in [7, 11) is 0. The van der Waals surface area contributed by atoms with E-state index in [0.717, 1.165) is 6.07 Å². The molecule has 3 aromatic rings. The van der Waals surface area contributed by atoms with Crippen LogP contribution in [0.3, 0.4) is 0 Å². The number of anilines is 1. The molecule has 0 saturated carbocycles. The Bertz CT molecular complexity index is 1020. The molecule has 0 aliphatic carbocycles. The zero-order valence-electron chi connectivity index (χ0n) is 13.7. The summed E-state index contributed by atoms with van der Waals surface area (Å²) in [6.45, 7) is 1.38. The van der Waals surface area contributed by atoms with E-state index in [-0.39, 0.29) is 21.3 Å². The number of carbonyl (C=O) groups excluding carboxylic acids is 1. The molecule has 0 saturated heterocycles. The molecular weight excluding hydrogens is 404 g/mol. The Morgan fingerprint density at radius 1 is 1.15 bits per heavy atom. The van der Waals surface area contributed by atoms with Crippen molar-refractivity contribution in [3.63, 3.8) is 0 Å². The minimum Gasteiger partial charge on any atom is -0.321 e. The van der Waals surface area contributed by atoms with E-state index < -0.39 is 28.5 Å². The maximum absolute atomic E-state index is 14.2. The maximum atomic E-state index is 14.2. The van der Waals surface area contributed by atoms with Gasteiger partial charge in [-0.3, -0.25) is 4.79 Å². The number of amides is 1. The summed E-state index contributed by atoms with van der Waals surface area (Å²) in [5, 5.41) is 2.74. The largest absolute Gasteiger partial charge is 0.435 e. The summed E-state index contributed by atoms with van der Waals surface area (Å²) in [5.74, 6) is -1.58. The smallest absolute Gasteiger partial charge is 0.321 e. The molecule has 3 rings (SSSR count). The molecule has 0 radical (unpaired) electrons. The van der Waals surface area contributed by atoms with Crippen LogP contribution in [-0.2, 0) is 6.18 Å². The third-order valence-electron chi connectivity index (χ3n) is 3.61. The fourth-order valence-electron chi connectivity index (χ4n) is 2.49. The highest BCUT2D eigenvalue weighted by Crippen LogP contribution is 2.36. The van der Waals surface area contributed by atoms with Gasteiger partial charge in [-0.1, -0.05) is 29.8 Å². The van der Waals surface area contributed by atoms with E-state index >= 15 is 0 Å².